The van der Waals surface area contributed by atoms with Gasteiger partial charge in [0.25, 0.3) is 0 Å². The molecule has 0 saturated carbocycles. The molecule has 0 aliphatic carbocycles. The molecule has 21 heavy (non-hydrogen) atoms. The lowest BCUT2D eigenvalue weighted by molar-refractivity contribution is -0.120. The van der Waals surface area contributed by atoms with E-state index in [2.05, 4.69) is 15.7 Å². The van der Waals surface area contributed by atoms with E-state index >= 15 is 0 Å². The first-order valence-electron chi connectivity index (χ1n) is 6.64. The Bertz CT molecular complexity index is 723. The smallest absolute Gasteiger partial charge is 0.321 e. The maximum absolute atomic E-state index is 11.8. The van der Waals surface area contributed by atoms with E-state index in [1.54, 1.807) is 24.3 Å². The van der Waals surface area contributed by atoms with Crippen molar-refractivity contribution >= 4 is 22.8 Å². The second kappa shape index (κ2) is 6.65. The predicted molar refractivity (Wildman–Crippen MR) is 77.8 cm³/mol. The Morgan fingerprint density at radius 2 is 2.05 bits per heavy atom. The number of imide groups is 1. The highest BCUT2D eigenvalue weighted by Crippen LogP contribution is 2.07. The van der Waals surface area contributed by atoms with Crippen LogP contribution < -0.4 is 16.1 Å². The fraction of sp³-hybridized carbons (Fsp3) is 0.286. The van der Waals surface area contributed by atoms with Crippen LogP contribution in [0.2, 0.25) is 0 Å². The number of rotatable bonds is 4. The van der Waals surface area contributed by atoms with Crippen molar-refractivity contribution in [3.8, 4) is 0 Å². The summed E-state index contributed by atoms with van der Waals surface area (Å²) in [6.45, 7) is 2.27. The average Bonchev–Trinajstić information content (AvgIpc) is 2.48. The summed E-state index contributed by atoms with van der Waals surface area (Å²) in [6.07, 6.45) is 1.94. The topological polar surface area (TPSA) is 93.1 Å². The number of carbonyl (C=O) groups is 2. The zero-order valence-electron chi connectivity index (χ0n) is 11.6. The second-order valence-corrected chi connectivity index (χ2v) is 4.49. The number of carbonyl (C=O) groups excluding carboxylic acids is 2. The maximum Gasteiger partial charge on any atom is 0.321 e. The lowest BCUT2D eigenvalue weighted by atomic mass is 10.2. The molecule has 2 N–H and O–H groups in total. The molecule has 110 valence electrons. The molecular formula is C14H16N4O3. The zero-order valence-corrected chi connectivity index (χ0v) is 11.6. The molecule has 0 saturated heterocycles. The maximum atomic E-state index is 11.8. The van der Waals surface area contributed by atoms with Crippen molar-refractivity contribution in [2.24, 2.45) is 0 Å². The number of amides is 3. The SMILES string of the molecule is CCCNC(=O)NC(=O)Cn1ncc(=O)c2ccccc21. The minimum atomic E-state index is -0.535. The number of benzene rings is 1. The third kappa shape index (κ3) is 3.65. The summed E-state index contributed by atoms with van der Waals surface area (Å²) >= 11 is 0. The minimum absolute atomic E-state index is 0.139. The number of fused-ring (bicyclic) bond motifs is 1. The van der Waals surface area contributed by atoms with Gasteiger partial charge in [-0.3, -0.25) is 19.6 Å². The number of nitrogens with zero attached hydrogens (tertiary/aromatic N) is 2. The summed E-state index contributed by atoms with van der Waals surface area (Å²) in [4.78, 5) is 34.9. The van der Waals surface area contributed by atoms with Crippen LogP contribution in [-0.2, 0) is 11.3 Å². The van der Waals surface area contributed by atoms with Crippen molar-refractivity contribution < 1.29 is 9.59 Å². The molecule has 7 nitrogen and oxygen atoms in total. The molecule has 1 aromatic heterocycles. The van der Waals surface area contributed by atoms with Gasteiger partial charge in [-0.1, -0.05) is 19.1 Å². The lowest BCUT2D eigenvalue weighted by Crippen LogP contribution is -2.41. The summed E-state index contributed by atoms with van der Waals surface area (Å²) in [5, 5.41) is 9.17. The van der Waals surface area contributed by atoms with Crippen LogP contribution in [0, 0.1) is 0 Å². The first-order chi connectivity index (χ1) is 10.1. The van der Waals surface area contributed by atoms with E-state index in [1.807, 2.05) is 6.92 Å². The standard InChI is InChI=1S/C14H16N4O3/c1-2-7-15-14(21)17-13(20)9-18-11-6-4-3-5-10(11)12(19)8-16-18/h3-6,8H,2,7,9H2,1H3,(H2,15,17,20,21). The van der Waals surface area contributed by atoms with E-state index in [0.29, 0.717) is 17.4 Å². The van der Waals surface area contributed by atoms with Gasteiger partial charge in [0, 0.05) is 11.9 Å². The van der Waals surface area contributed by atoms with Crippen LogP contribution in [-0.4, -0.2) is 28.3 Å². The van der Waals surface area contributed by atoms with E-state index in [1.165, 1.54) is 4.68 Å². The molecule has 0 aliphatic heterocycles. The number of urea groups is 1. The summed E-state index contributed by atoms with van der Waals surface area (Å²) in [5.41, 5.74) is 0.345. The Morgan fingerprint density at radius 1 is 1.29 bits per heavy atom. The number of nitrogens with one attached hydrogen (secondary N) is 2. The molecule has 0 atom stereocenters. The van der Waals surface area contributed by atoms with Gasteiger partial charge >= 0.3 is 6.03 Å². The van der Waals surface area contributed by atoms with E-state index in [0.717, 1.165) is 12.6 Å². The van der Waals surface area contributed by atoms with Crippen molar-refractivity contribution in [2.75, 3.05) is 6.54 Å². The highest BCUT2D eigenvalue weighted by atomic mass is 16.2. The van der Waals surface area contributed by atoms with Crippen molar-refractivity contribution in [1.29, 1.82) is 0 Å². The van der Waals surface area contributed by atoms with E-state index in [-0.39, 0.29) is 12.0 Å². The van der Waals surface area contributed by atoms with Crippen LogP contribution in [0.3, 0.4) is 0 Å². The zero-order chi connectivity index (χ0) is 15.2. The first-order valence-corrected chi connectivity index (χ1v) is 6.64. The minimum Gasteiger partial charge on any atom is -0.338 e. The number of para-hydroxylation sites is 1. The normalized spacial score (nSPS) is 10.3. The molecule has 0 spiro atoms. The Kier molecular flexibility index (Phi) is 4.65. The van der Waals surface area contributed by atoms with Crippen LogP contribution in [0.1, 0.15) is 13.3 Å². The fourth-order valence-corrected chi connectivity index (χ4v) is 1.87. The highest BCUT2D eigenvalue weighted by molar-refractivity contribution is 5.94. The van der Waals surface area contributed by atoms with Gasteiger partial charge in [0.05, 0.1) is 11.7 Å². The molecule has 0 fully saturated rings. The highest BCUT2D eigenvalue weighted by Gasteiger charge is 2.10. The summed E-state index contributed by atoms with van der Waals surface area (Å²) < 4.78 is 1.39. The van der Waals surface area contributed by atoms with Crippen LogP contribution >= 0.6 is 0 Å². The Hall–Kier alpha value is -2.70. The van der Waals surface area contributed by atoms with E-state index < -0.39 is 11.9 Å². The predicted octanol–water partition coefficient (Wildman–Crippen LogP) is 0.632. The molecule has 3 amide bonds. The molecule has 0 bridgehead atoms. The molecular weight excluding hydrogens is 272 g/mol. The van der Waals surface area contributed by atoms with Gasteiger partial charge < -0.3 is 5.32 Å². The van der Waals surface area contributed by atoms with Gasteiger partial charge in [-0.2, -0.15) is 5.10 Å². The third-order valence-corrected chi connectivity index (χ3v) is 2.84. The average molecular weight is 288 g/mol. The van der Waals surface area contributed by atoms with Gasteiger partial charge in [0.2, 0.25) is 11.3 Å². The van der Waals surface area contributed by atoms with Crippen LogP contribution in [0.15, 0.2) is 35.3 Å². The van der Waals surface area contributed by atoms with Gasteiger partial charge in [-0.15, -0.1) is 0 Å². The van der Waals surface area contributed by atoms with Crippen molar-refractivity contribution in [2.45, 2.75) is 19.9 Å². The largest absolute Gasteiger partial charge is 0.338 e. The summed E-state index contributed by atoms with van der Waals surface area (Å²) in [6, 6.07) is 6.33. The Morgan fingerprint density at radius 3 is 2.81 bits per heavy atom. The third-order valence-electron chi connectivity index (χ3n) is 2.84. The number of hydrogen-bond donors (Lipinski definition) is 2. The van der Waals surface area contributed by atoms with Crippen molar-refractivity contribution in [3.05, 3.63) is 40.7 Å². The fourth-order valence-electron chi connectivity index (χ4n) is 1.87. The van der Waals surface area contributed by atoms with Crippen LogP contribution in [0.25, 0.3) is 10.9 Å². The van der Waals surface area contributed by atoms with Gasteiger partial charge in [-0.05, 0) is 18.6 Å². The number of aromatic nitrogens is 2. The second-order valence-electron chi connectivity index (χ2n) is 4.49. The molecule has 0 unspecified atom stereocenters. The summed E-state index contributed by atoms with van der Waals surface area (Å²) in [7, 11) is 0. The first kappa shape index (κ1) is 14.7. The summed E-state index contributed by atoms with van der Waals surface area (Å²) in [5.74, 6) is -0.495. The van der Waals surface area contributed by atoms with Gasteiger partial charge in [0.1, 0.15) is 6.54 Å². The van der Waals surface area contributed by atoms with Crippen LogP contribution in [0.5, 0.6) is 0 Å². The van der Waals surface area contributed by atoms with Gasteiger partial charge in [0.15, 0.2) is 0 Å². The molecule has 2 rings (SSSR count). The lowest BCUT2D eigenvalue weighted by Gasteiger charge is -2.09. The Balaban J connectivity index is 2.13. The molecule has 2 aromatic rings. The molecule has 7 heteroatoms. The van der Waals surface area contributed by atoms with Crippen molar-refractivity contribution in [3.63, 3.8) is 0 Å². The Labute approximate surface area is 121 Å². The van der Waals surface area contributed by atoms with Crippen LogP contribution in [0.4, 0.5) is 4.79 Å². The molecule has 1 heterocycles. The molecule has 1 aromatic carbocycles. The van der Waals surface area contributed by atoms with Crippen molar-refractivity contribution in [1.82, 2.24) is 20.4 Å². The number of hydrogen-bond acceptors (Lipinski definition) is 4. The van der Waals surface area contributed by atoms with Gasteiger partial charge in [-0.25, -0.2) is 4.79 Å². The monoisotopic (exact) mass is 288 g/mol. The molecule has 0 aliphatic rings. The van der Waals surface area contributed by atoms with E-state index in [9.17, 15) is 14.4 Å². The quantitative estimate of drug-likeness (QED) is 0.863. The van der Waals surface area contributed by atoms with E-state index in [4.69, 9.17) is 0 Å². The molecule has 0 radical (unpaired) electrons.